The summed E-state index contributed by atoms with van der Waals surface area (Å²) in [6.45, 7) is 0.953. The Morgan fingerprint density at radius 2 is 1.89 bits per heavy atom. The molecule has 27 heavy (non-hydrogen) atoms. The first kappa shape index (κ1) is 18.7. The van der Waals surface area contributed by atoms with Crippen molar-refractivity contribution in [1.82, 2.24) is 15.1 Å². The van der Waals surface area contributed by atoms with E-state index in [0.717, 1.165) is 0 Å². The van der Waals surface area contributed by atoms with Crippen LogP contribution in [-0.4, -0.2) is 35.9 Å². The van der Waals surface area contributed by atoms with Crippen LogP contribution >= 0.6 is 0 Å². The molecular weight excluding hydrogens is 352 g/mol. The fraction of sp³-hybridized carbons (Fsp3) is 0.200. The molecule has 0 aliphatic carbocycles. The highest BCUT2D eigenvalue weighted by Crippen LogP contribution is 2.24. The van der Waals surface area contributed by atoms with Gasteiger partial charge in [0, 0.05) is 25.8 Å². The van der Waals surface area contributed by atoms with E-state index in [4.69, 9.17) is 4.74 Å². The standard InChI is InChI=1S/C20H19F2N3O2/c1-27-12-4-11-23-20(26)19-13-18(16-5-2-3-6-17(16)22)24-25(19)15-9-7-14(21)8-10-15/h2-3,5-10,13H,4,11-12H2,1H3,(H,23,26). The lowest BCUT2D eigenvalue weighted by atomic mass is 10.1. The van der Waals surface area contributed by atoms with Gasteiger partial charge in [-0.05, 0) is 48.9 Å². The third-order valence-electron chi connectivity index (χ3n) is 3.97. The molecule has 1 N–H and O–H groups in total. The van der Waals surface area contributed by atoms with E-state index in [1.807, 2.05) is 0 Å². The first-order valence-electron chi connectivity index (χ1n) is 8.48. The molecule has 0 unspecified atom stereocenters. The predicted molar refractivity (Wildman–Crippen MR) is 97.7 cm³/mol. The third kappa shape index (κ3) is 4.38. The second-order valence-electron chi connectivity index (χ2n) is 5.89. The minimum atomic E-state index is -0.437. The molecule has 0 saturated carbocycles. The molecule has 5 nitrogen and oxygen atoms in total. The summed E-state index contributed by atoms with van der Waals surface area (Å²) >= 11 is 0. The maximum atomic E-state index is 14.1. The van der Waals surface area contributed by atoms with Gasteiger partial charge in [0.15, 0.2) is 0 Å². The fourth-order valence-electron chi connectivity index (χ4n) is 2.63. The van der Waals surface area contributed by atoms with E-state index in [1.165, 1.54) is 41.1 Å². The molecule has 3 rings (SSSR count). The number of aromatic nitrogens is 2. The van der Waals surface area contributed by atoms with Gasteiger partial charge in [-0.25, -0.2) is 13.5 Å². The number of methoxy groups -OCH3 is 1. The van der Waals surface area contributed by atoms with Gasteiger partial charge in [0.05, 0.1) is 11.4 Å². The molecule has 2 aromatic carbocycles. The first-order valence-corrected chi connectivity index (χ1v) is 8.48. The van der Waals surface area contributed by atoms with Gasteiger partial charge in [-0.15, -0.1) is 0 Å². The van der Waals surface area contributed by atoms with Crippen molar-refractivity contribution in [2.45, 2.75) is 6.42 Å². The maximum absolute atomic E-state index is 14.1. The van der Waals surface area contributed by atoms with Crippen LogP contribution in [0, 0.1) is 11.6 Å². The van der Waals surface area contributed by atoms with Crippen molar-refractivity contribution in [3.63, 3.8) is 0 Å². The lowest BCUT2D eigenvalue weighted by Gasteiger charge is -2.08. The molecule has 1 heterocycles. The lowest BCUT2D eigenvalue weighted by Crippen LogP contribution is -2.27. The number of halogens is 2. The van der Waals surface area contributed by atoms with Crippen molar-refractivity contribution in [3.05, 3.63) is 71.9 Å². The second kappa shape index (κ2) is 8.55. The number of benzene rings is 2. The van der Waals surface area contributed by atoms with Gasteiger partial charge in [-0.1, -0.05) is 12.1 Å². The van der Waals surface area contributed by atoms with E-state index in [2.05, 4.69) is 10.4 Å². The summed E-state index contributed by atoms with van der Waals surface area (Å²) in [6, 6.07) is 13.3. The van der Waals surface area contributed by atoms with Crippen molar-refractivity contribution >= 4 is 5.91 Å². The highest BCUT2D eigenvalue weighted by atomic mass is 19.1. The highest BCUT2D eigenvalue weighted by Gasteiger charge is 2.19. The molecule has 1 aromatic heterocycles. The van der Waals surface area contributed by atoms with Crippen molar-refractivity contribution in [2.75, 3.05) is 20.3 Å². The van der Waals surface area contributed by atoms with Crippen LogP contribution in [0.1, 0.15) is 16.9 Å². The topological polar surface area (TPSA) is 56.1 Å². The average molecular weight is 371 g/mol. The molecule has 0 bridgehead atoms. The van der Waals surface area contributed by atoms with E-state index < -0.39 is 11.6 Å². The van der Waals surface area contributed by atoms with E-state index in [9.17, 15) is 13.6 Å². The SMILES string of the molecule is COCCCNC(=O)c1cc(-c2ccccc2F)nn1-c1ccc(F)cc1. The number of hydrogen-bond acceptors (Lipinski definition) is 3. The smallest absolute Gasteiger partial charge is 0.270 e. The molecule has 0 aliphatic rings. The predicted octanol–water partition coefficient (Wildman–Crippen LogP) is 3.58. The summed E-state index contributed by atoms with van der Waals surface area (Å²) < 4.78 is 33.7. The Morgan fingerprint density at radius 3 is 2.59 bits per heavy atom. The van der Waals surface area contributed by atoms with Crippen LogP contribution in [0.4, 0.5) is 8.78 Å². The Morgan fingerprint density at radius 1 is 1.15 bits per heavy atom. The maximum Gasteiger partial charge on any atom is 0.270 e. The summed E-state index contributed by atoms with van der Waals surface area (Å²) in [5.74, 6) is -1.19. The molecule has 0 spiro atoms. The summed E-state index contributed by atoms with van der Waals surface area (Å²) in [7, 11) is 1.59. The summed E-state index contributed by atoms with van der Waals surface area (Å²) in [5.41, 5.74) is 1.34. The fourth-order valence-corrected chi connectivity index (χ4v) is 2.63. The Bertz CT molecular complexity index is 923. The van der Waals surface area contributed by atoms with Gasteiger partial charge in [0.2, 0.25) is 0 Å². The summed E-state index contributed by atoms with van der Waals surface area (Å²) in [4.78, 5) is 12.6. The average Bonchev–Trinajstić information content (AvgIpc) is 3.11. The van der Waals surface area contributed by atoms with Gasteiger partial charge in [-0.2, -0.15) is 5.10 Å². The quantitative estimate of drug-likeness (QED) is 0.646. The van der Waals surface area contributed by atoms with E-state index in [-0.39, 0.29) is 17.2 Å². The number of hydrogen-bond donors (Lipinski definition) is 1. The first-order chi connectivity index (χ1) is 13.1. The van der Waals surface area contributed by atoms with Crippen LogP contribution in [0.3, 0.4) is 0 Å². The van der Waals surface area contributed by atoms with E-state index in [0.29, 0.717) is 31.0 Å². The number of nitrogens with one attached hydrogen (secondary N) is 1. The number of rotatable bonds is 7. The Hall–Kier alpha value is -3.06. The number of carbonyl (C=O) groups excluding carboxylic acids is 1. The lowest BCUT2D eigenvalue weighted by molar-refractivity contribution is 0.0941. The van der Waals surface area contributed by atoms with Crippen LogP contribution in [0.5, 0.6) is 0 Å². The molecule has 0 aliphatic heterocycles. The van der Waals surface area contributed by atoms with Gasteiger partial charge < -0.3 is 10.1 Å². The third-order valence-corrected chi connectivity index (χ3v) is 3.97. The van der Waals surface area contributed by atoms with E-state index in [1.54, 1.807) is 25.3 Å². The monoisotopic (exact) mass is 371 g/mol. The molecule has 1 amide bonds. The van der Waals surface area contributed by atoms with Crippen molar-refractivity contribution in [3.8, 4) is 16.9 Å². The number of ether oxygens (including phenoxy) is 1. The van der Waals surface area contributed by atoms with Crippen molar-refractivity contribution in [2.24, 2.45) is 0 Å². The highest BCUT2D eigenvalue weighted by molar-refractivity contribution is 5.94. The Balaban J connectivity index is 1.98. The molecule has 0 atom stereocenters. The number of carbonyl (C=O) groups is 1. The molecule has 0 fully saturated rings. The number of nitrogens with zero attached hydrogens (tertiary/aromatic N) is 2. The molecule has 0 saturated heterocycles. The van der Waals surface area contributed by atoms with Crippen LogP contribution < -0.4 is 5.32 Å². The molecular formula is C20H19F2N3O2. The van der Waals surface area contributed by atoms with Crippen molar-refractivity contribution in [1.29, 1.82) is 0 Å². The molecule has 140 valence electrons. The van der Waals surface area contributed by atoms with Gasteiger partial charge in [0.25, 0.3) is 5.91 Å². The second-order valence-corrected chi connectivity index (χ2v) is 5.89. The molecule has 7 heteroatoms. The van der Waals surface area contributed by atoms with Gasteiger partial charge in [0.1, 0.15) is 17.3 Å². The zero-order valence-electron chi connectivity index (χ0n) is 14.8. The van der Waals surface area contributed by atoms with Crippen LogP contribution in [0.15, 0.2) is 54.6 Å². The van der Waals surface area contributed by atoms with Gasteiger partial charge >= 0.3 is 0 Å². The Labute approximate surface area is 155 Å². The Kier molecular flexibility index (Phi) is 5.93. The zero-order chi connectivity index (χ0) is 19.2. The largest absolute Gasteiger partial charge is 0.385 e. The zero-order valence-corrected chi connectivity index (χ0v) is 14.8. The minimum Gasteiger partial charge on any atom is -0.385 e. The molecule has 0 radical (unpaired) electrons. The van der Waals surface area contributed by atoms with Gasteiger partial charge in [-0.3, -0.25) is 4.79 Å². The normalized spacial score (nSPS) is 10.8. The minimum absolute atomic E-state index is 0.234. The number of amides is 1. The summed E-state index contributed by atoms with van der Waals surface area (Å²) in [5, 5.41) is 7.16. The van der Waals surface area contributed by atoms with Crippen molar-refractivity contribution < 1.29 is 18.3 Å². The molecule has 3 aromatic rings. The van der Waals surface area contributed by atoms with E-state index >= 15 is 0 Å². The van der Waals surface area contributed by atoms with Crippen LogP contribution in [-0.2, 0) is 4.74 Å². The van der Waals surface area contributed by atoms with Crippen LogP contribution in [0.2, 0.25) is 0 Å². The van der Waals surface area contributed by atoms with Crippen LogP contribution in [0.25, 0.3) is 16.9 Å². The summed E-state index contributed by atoms with van der Waals surface area (Å²) in [6.07, 6.45) is 0.660.